The van der Waals surface area contributed by atoms with Gasteiger partial charge < -0.3 is 19.0 Å². The molecule has 0 saturated heterocycles. The summed E-state index contributed by atoms with van der Waals surface area (Å²) in [7, 11) is -2.83. The molecule has 8 nitrogen and oxygen atoms in total. The molecule has 0 aliphatic carbocycles. The Labute approximate surface area is 219 Å². The number of hydrogen-bond donors (Lipinski definition) is 2. The first-order chi connectivity index (χ1) is 18.4. The quantitative estimate of drug-likeness (QED) is 0.106. The number of nitrogens with two attached hydrogens (primary N) is 1. The molecule has 0 amide bonds. The largest absolute Gasteiger partial charge is 0.741 e. The molecule has 3 aromatic carbocycles. The van der Waals surface area contributed by atoms with E-state index in [9.17, 15) is 17.6 Å². The Morgan fingerprint density at radius 1 is 0.974 bits per heavy atom. The molecule has 0 fully saturated rings. The van der Waals surface area contributed by atoms with Gasteiger partial charge in [-0.1, -0.05) is 16.8 Å². The second kappa shape index (κ2) is 10.4. The summed E-state index contributed by atoms with van der Waals surface area (Å²) >= 11 is 0. The standard InChI is InChI=1S/C25H20FN3O2.CHF3O3S/c1-30-18-10-7-15(8-11-18)22-12-16-6-9-17(26)13-19(16)25(29(22)27)20-14-28-21-4-3-5-23(31-2)24(20)21;2-1(3,4)8(5,6)7/h3-14H,27H2,1-2H3;(H,5,6,7). The maximum Gasteiger partial charge on any atom is 0.485 e. The molecule has 13 heteroatoms. The molecule has 0 aliphatic rings. The van der Waals surface area contributed by atoms with Crippen molar-refractivity contribution in [1.29, 1.82) is 0 Å². The van der Waals surface area contributed by atoms with Gasteiger partial charge in [-0.3, -0.25) is 0 Å². The van der Waals surface area contributed by atoms with Gasteiger partial charge in [0.25, 0.3) is 5.69 Å². The molecule has 39 heavy (non-hydrogen) atoms. The minimum Gasteiger partial charge on any atom is -0.741 e. The van der Waals surface area contributed by atoms with E-state index in [0.29, 0.717) is 16.8 Å². The number of aromatic amines is 1. The Hall–Kier alpha value is -4.36. The number of rotatable bonds is 4. The summed E-state index contributed by atoms with van der Waals surface area (Å²) < 4.78 is 85.7. The number of nitrogen functional groups attached to an aromatic ring is 1. The van der Waals surface area contributed by atoms with E-state index in [1.54, 1.807) is 25.0 Å². The van der Waals surface area contributed by atoms with Gasteiger partial charge in [-0.05, 0) is 53.9 Å². The zero-order valence-electron chi connectivity index (χ0n) is 20.4. The van der Waals surface area contributed by atoms with Crippen LogP contribution in [0.25, 0.3) is 44.2 Å². The lowest BCUT2D eigenvalue weighted by atomic mass is 9.99. The fourth-order valence-electron chi connectivity index (χ4n) is 4.09. The van der Waals surface area contributed by atoms with Crippen molar-refractivity contribution < 1.29 is 44.7 Å². The van der Waals surface area contributed by atoms with Crippen LogP contribution >= 0.6 is 0 Å². The molecule has 0 spiro atoms. The highest BCUT2D eigenvalue weighted by Crippen LogP contribution is 2.38. The van der Waals surface area contributed by atoms with Crippen LogP contribution in [0.15, 0.2) is 72.9 Å². The van der Waals surface area contributed by atoms with Crippen molar-refractivity contribution in [3.05, 3.63) is 78.7 Å². The molecule has 0 atom stereocenters. The molecule has 0 saturated carbocycles. The molecule has 3 N–H and O–H groups in total. The molecule has 2 heterocycles. The fourth-order valence-corrected chi connectivity index (χ4v) is 4.09. The number of aromatic nitrogens is 2. The van der Waals surface area contributed by atoms with Crippen LogP contribution < -0.4 is 20.0 Å². The predicted octanol–water partition coefficient (Wildman–Crippen LogP) is 4.86. The number of benzene rings is 3. The number of methoxy groups -OCH3 is 2. The summed E-state index contributed by atoms with van der Waals surface area (Å²) in [4.78, 5) is 3.28. The van der Waals surface area contributed by atoms with Crippen molar-refractivity contribution in [2.45, 2.75) is 5.51 Å². The lowest BCUT2D eigenvalue weighted by molar-refractivity contribution is -0.614. The number of H-pyrrole nitrogens is 1. The monoisotopic (exact) mass is 563 g/mol. The third-order valence-electron chi connectivity index (χ3n) is 5.87. The molecule has 0 radical (unpaired) electrons. The van der Waals surface area contributed by atoms with Crippen LogP contribution in [0.4, 0.5) is 17.6 Å². The fraction of sp³-hybridized carbons (Fsp3) is 0.115. The topological polar surface area (TPSA) is 121 Å². The lowest BCUT2D eigenvalue weighted by Crippen LogP contribution is -2.48. The summed E-state index contributed by atoms with van der Waals surface area (Å²) in [5, 5.41) is 2.49. The van der Waals surface area contributed by atoms with Crippen LogP contribution in [0.3, 0.4) is 0 Å². The van der Waals surface area contributed by atoms with Gasteiger partial charge in [0.1, 0.15) is 17.3 Å². The van der Waals surface area contributed by atoms with Crippen LogP contribution in [-0.2, 0) is 10.1 Å². The zero-order valence-corrected chi connectivity index (χ0v) is 21.2. The van der Waals surface area contributed by atoms with Crippen LogP contribution in [0.1, 0.15) is 0 Å². The Bertz CT molecular complexity index is 1770. The normalized spacial score (nSPS) is 11.8. The molecule has 0 bridgehead atoms. The molecule has 5 aromatic rings. The van der Waals surface area contributed by atoms with E-state index in [2.05, 4.69) is 4.98 Å². The molecular formula is C26H21F4N3O5S. The van der Waals surface area contributed by atoms with Crippen molar-refractivity contribution in [1.82, 2.24) is 4.98 Å². The summed E-state index contributed by atoms with van der Waals surface area (Å²) in [6, 6.07) is 20.2. The van der Waals surface area contributed by atoms with Gasteiger partial charge in [-0.25, -0.2) is 18.7 Å². The number of halogens is 4. The average molecular weight is 564 g/mol. The number of alkyl halides is 3. The molecule has 0 aliphatic heterocycles. The number of hydrogen-bond acceptors (Lipinski definition) is 6. The van der Waals surface area contributed by atoms with Crippen molar-refractivity contribution in [3.63, 3.8) is 0 Å². The van der Waals surface area contributed by atoms with Gasteiger partial charge in [-0.15, -0.1) is 0 Å². The molecule has 5 rings (SSSR count). The van der Waals surface area contributed by atoms with Gasteiger partial charge in [0, 0.05) is 23.3 Å². The highest BCUT2D eigenvalue weighted by molar-refractivity contribution is 7.86. The molecule has 0 unspecified atom stereocenters. The number of pyridine rings is 1. The van der Waals surface area contributed by atoms with Gasteiger partial charge in [0.15, 0.2) is 10.1 Å². The molecule has 204 valence electrons. The van der Waals surface area contributed by atoms with Crippen molar-refractivity contribution >= 4 is 31.8 Å². The van der Waals surface area contributed by atoms with Gasteiger partial charge in [0.05, 0.1) is 30.6 Å². The van der Waals surface area contributed by atoms with E-state index in [1.165, 1.54) is 12.1 Å². The second-order valence-electron chi connectivity index (χ2n) is 8.19. The predicted molar refractivity (Wildman–Crippen MR) is 136 cm³/mol. The van der Waals surface area contributed by atoms with E-state index in [1.807, 2.05) is 54.7 Å². The van der Waals surface area contributed by atoms with Crippen LogP contribution in [0, 0.1) is 5.82 Å². The van der Waals surface area contributed by atoms with Gasteiger partial charge in [0.2, 0.25) is 5.69 Å². The number of nitrogens with zero attached hydrogens (tertiary/aromatic N) is 1. The first-order valence-electron chi connectivity index (χ1n) is 11.1. The Morgan fingerprint density at radius 3 is 2.23 bits per heavy atom. The third kappa shape index (κ3) is 5.45. The summed E-state index contributed by atoms with van der Waals surface area (Å²) in [5.41, 5.74) is -1.50. The van der Waals surface area contributed by atoms with E-state index >= 15 is 0 Å². The number of ether oxygens (including phenoxy) is 2. The Morgan fingerprint density at radius 2 is 1.64 bits per heavy atom. The maximum absolute atomic E-state index is 14.3. The van der Waals surface area contributed by atoms with Crippen molar-refractivity contribution in [2.24, 2.45) is 0 Å². The Balaban J connectivity index is 0.000000386. The summed E-state index contributed by atoms with van der Waals surface area (Å²) in [6.07, 6.45) is 1.88. The van der Waals surface area contributed by atoms with E-state index in [0.717, 1.165) is 38.9 Å². The van der Waals surface area contributed by atoms with Crippen molar-refractivity contribution in [3.8, 4) is 34.0 Å². The highest BCUT2D eigenvalue weighted by Gasteiger charge is 2.37. The van der Waals surface area contributed by atoms with E-state index < -0.39 is 15.6 Å². The van der Waals surface area contributed by atoms with Crippen molar-refractivity contribution in [2.75, 3.05) is 20.1 Å². The Kier molecular flexibility index (Phi) is 7.39. The average Bonchev–Trinajstić information content (AvgIpc) is 3.31. The number of nitrogens with one attached hydrogen (secondary N) is 1. The second-order valence-corrected chi connectivity index (χ2v) is 9.56. The highest BCUT2D eigenvalue weighted by atomic mass is 32.2. The zero-order chi connectivity index (χ0) is 28.5. The minimum absolute atomic E-state index is 0.322. The van der Waals surface area contributed by atoms with Crippen LogP contribution in [0.2, 0.25) is 0 Å². The summed E-state index contributed by atoms with van der Waals surface area (Å²) in [5.74, 6) is 7.84. The minimum atomic E-state index is -6.09. The third-order valence-corrected chi connectivity index (χ3v) is 6.44. The molecular weight excluding hydrogens is 542 g/mol. The van der Waals surface area contributed by atoms with E-state index in [4.69, 9.17) is 28.3 Å². The first kappa shape index (κ1) is 27.7. The van der Waals surface area contributed by atoms with Gasteiger partial charge >= 0.3 is 5.51 Å². The smallest absolute Gasteiger partial charge is 0.485 e. The van der Waals surface area contributed by atoms with Crippen LogP contribution in [-0.4, -0.2) is 37.7 Å². The molecule has 2 aromatic heterocycles. The van der Waals surface area contributed by atoms with E-state index in [-0.39, 0.29) is 5.82 Å². The maximum atomic E-state index is 14.3. The van der Waals surface area contributed by atoms with Gasteiger partial charge in [-0.2, -0.15) is 13.2 Å². The lowest BCUT2D eigenvalue weighted by Gasteiger charge is -2.10. The SMILES string of the molecule is COc1ccc(-c2cc3ccc(F)cc3c(-c3c[nH]c4cccc(OC)c34)[n+]2N)cc1.O=S(=O)([O-])C(F)(F)F. The van der Waals surface area contributed by atoms with Crippen LogP contribution in [0.5, 0.6) is 11.5 Å². The number of fused-ring (bicyclic) bond motifs is 2. The first-order valence-corrected chi connectivity index (χ1v) is 12.5. The summed E-state index contributed by atoms with van der Waals surface area (Å²) in [6.45, 7) is 0.